The fourth-order valence-electron chi connectivity index (χ4n) is 4.67. The first-order valence-electron chi connectivity index (χ1n) is 10.8. The van der Waals surface area contributed by atoms with Gasteiger partial charge >= 0.3 is 0 Å². The first kappa shape index (κ1) is 21.0. The zero-order chi connectivity index (χ0) is 21.5. The van der Waals surface area contributed by atoms with Gasteiger partial charge in [0.15, 0.2) is 0 Å². The molecule has 7 heteroatoms. The van der Waals surface area contributed by atoms with E-state index in [9.17, 15) is 9.18 Å². The van der Waals surface area contributed by atoms with E-state index in [1.54, 1.807) is 6.07 Å². The lowest BCUT2D eigenvalue weighted by atomic mass is 9.88. The summed E-state index contributed by atoms with van der Waals surface area (Å²) in [6.07, 6.45) is 2.82. The number of nitrogens with zero attached hydrogens (tertiary/aromatic N) is 3. The summed E-state index contributed by atoms with van der Waals surface area (Å²) in [6, 6.07) is 5.26. The molecule has 1 aromatic carbocycles. The number of carbonyl (C=O) groups excluding carboxylic acids is 1. The molecule has 30 heavy (non-hydrogen) atoms. The molecule has 162 valence electrons. The SMILES string of the molecule is Cc1cc(F)ccc1CC1C=C2C(=NN1)C(C)(C)CN2C(=O)CN1CCNC(C)C1. The van der Waals surface area contributed by atoms with E-state index in [4.69, 9.17) is 0 Å². The van der Waals surface area contributed by atoms with Gasteiger partial charge in [0.1, 0.15) is 5.82 Å². The molecule has 1 aromatic rings. The average Bonchev–Trinajstić information content (AvgIpc) is 2.95. The van der Waals surface area contributed by atoms with Crippen LogP contribution in [-0.4, -0.2) is 66.2 Å². The highest BCUT2D eigenvalue weighted by Gasteiger charge is 2.44. The summed E-state index contributed by atoms with van der Waals surface area (Å²) in [6.45, 7) is 12.1. The van der Waals surface area contributed by atoms with Gasteiger partial charge in [-0.25, -0.2) is 4.39 Å². The molecule has 0 radical (unpaired) electrons. The Balaban J connectivity index is 1.52. The van der Waals surface area contributed by atoms with Crippen molar-refractivity contribution in [2.24, 2.45) is 10.5 Å². The van der Waals surface area contributed by atoms with Crippen molar-refractivity contribution in [3.63, 3.8) is 0 Å². The molecule has 4 rings (SSSR count). The van der Waals surface area contributed by atoms with Crippen LogP contribution < -0.4 is 10.7 Å². The van der Waals surface area contributed by atoms with Crippen LogP contribution in [0, 0.1) is 18.2 Å². The van der Waals surface area contributed by atoms with Gasteiger partial charge in [-0.05, 0) is 49.6 Å². The summed E-state index contributed by atoms with van der Waals surface area (Å²) in [4.78, 5) is 17.4. The van der Waals surface area contributed by atoms with Crippen LogP contribution in [0.25, 0.3) is 0 Å². The number of hydrazone groups is 1. The molecule has 0 aromatic heterocycles. The molecule has 2 saturated heterocycles. The predicted octanol–water partition coefficient (Wildman–Crippen LogP) is 2.05. The van der Waals surface area contributed by atoms with Gasteiger partial charge in [-0.15, -0.1) is 0 Å². The minimum absolute atomic E-state index is 0.0312. The van der Waals surface area contributed by atoms with E-state index in [-0.39, 0.29) is 23.2 Å². The molecule has 1 amide bonds. The van der Waals surface area contributed by atoms with Gasteiger partial charge < -0.3 is 15.6 Å². The highest BCUT2D eigenvalue weighted by Crippen LogP contribution is 2.36. The van der Waals surface area contributed by atoms with Crippen molar-refractivity contribution in [2.45, 2.75) is 46.2 Å². The van der Waals surface area contributed by atoms with Crippen molar-refractivity contribution in [3.8, 4) is 0 Å². The lowest BCUT2D eigenvalue weighted by Crippen LogP contribution is -2.52. The molecule has 6 nitrogen and oxygen atoms in total. The monoisotopic (exact) mass is 413 g/mol. The van der Waals surface area contributed by atoms with Crippen LogP contribution in [-0.2, 0) is 11.2 Å². The minimum atomic E-state index is -0.219. The summed E-state index contributed by atoms with van der Waals surface area (Å²) in [5.41, 5.74) is 6.93. The molecule has 2 fully saturated rings. The Morgan fingerprint density at radius 1 is 1.37 bits per heavy atom. The number of piperazine rings is 1. The van der Waals surface area contributed by atoms with Crippen molar-refractivity contribution in [3.05, 3.63) is 46.9 Å². The molecule has 3 aliphatic rings. The molecule has 0 spiro atoms. The molecule has 0 saturated carbocycles. The Labute approximate surface area is 178 Å². The summed E-state index contributed by atoms with van der Waals surface area (Å²) in [7, 11) is 0. The van der Waals surface area contributed by atoms with E-state index < -0.39 is 0 Å². The van der Waals surface area contributed by atoms with Gasteiger partial charge in [0.2, 0.25) is 5.91 Å². The quantitative estimate of drug-likeness (QED) is 0.793. The Bertz CT molecular complexity index is 894. The van der Waals surface area contributed by atoms with Gasteiger partial charge in [0.05, 0.1) is 24.0 Å². The highest BCUT2D eigenvalue weighted by molar-refractivity contribution is 6.09. The number of aryl methyl sites for hydroxylation is 1. The second-order valence-corrected chi connectivity index (χ2v) is 9.48. The fourth-order valence-corrected chi connectivity index (χ4v) is 4.67. The fraction of sp³-hybridized carbons (Fsp3) is 0.565. The lowest BCUT2D eigenvalue weighted by molar-refractivity contribution is -0.130. The zero-order valence-electron chi connectivity index (χ0n) is 18.3. The number of likely N-dealkylation sites (tertiary alicyclic amines) is 1. The number of nitrogens with one attached hydrogen (secondary N) is 2. The molecular weight excluding hydrogens is 381 g/mol. The maximum atomic E-state index is 13.4. The van der Waals surface area contributed by atoms with Crippen molar-refractivity contribution < 1.29 is 9.18 Å². The second-order valence-electron chi connectivity index (χ2n) is 9.48. The number of amides is 1. The zero-order valence-corrected chi connectivity index (χ0v) is 18.3. The Hall–Kier alpha value is -2.25. The Kier molecular flexibility index (Phi) is 5.68. The first-order chi connectivity index (χ1) is 14.2. The topological polar surface area (TPSA) is 60.0 Å². The third kappa shape index (κ3) is 4.27. The second kappa shape index (κ2) is 8.12. The van der Waals surface area contributed by atoms with Crippen molar-refractivity contribution in [1.82, 2.24) is 20.5 Å². The molecule has 2 atom stereocenters. The third-order valence-corrected chi connectivity index (χ3v) is 6.29. The van der Waals surface area contributed by atoms with E-state index in [1.807, 2.05) is 17.9 Å². The number of benzene rings is 1. The molecule has 2 unspecified atom stereocenters. The molecule has 0 aliphatic carbocycles. The highest BCUT2D eigenvalue weighted by atomic mass is 19.1. The van der Waals surface area contributed by atoms with Gasteiger partial charge in [-0.1, -0.05) is 19.9 Å². The van der Waals surface area contributed by atoms with Crippen LogP contribution in [0.2, 0.25) is 0 Å². The van der Waals surface area contributed by atoms with Crippen molar-refractivity contribution in [2.75, 3.05) is 32.7 Å². The Morgan fingerprint density at radius 2 is 2.17 bits per heavy atom. The summed E-state index contributed by atoms with van der Waals surface area (Å²) >= 11 is 0. The normalized spacial score (nSPS) is 26.0. The number of hydrogen-bond donors (Lipinski definition) is 2. The molecule has 2 N–H and O–H groups in total. The largest absolute Gasteiger partial charge is 0.312 e. The van der Waals surface area contributed by atoms with Crippen LogP contribution in [0.1, 0.15) is 31.9 Å². The number of rotatable bonds is 4. The van der Waals surface area contributed by atoms with Crippen LogP contribution in [0.4, 0.5) is 4.39 Å². The number of fused-ring (bicyclic) bond motifs is 1. The molecule has 3 heterocycles. The maximum Gasteiger partial charge on any atom is 0.241 e. The maximum absolute atomic E-state index is 13.4. The summed E-state index contributed by atoms with van der Waals surface area (Å²) < 4.78 is 13.4. The first-order valence-corrected chi connectivity index (χ1v) is 10.8. The van der Waals surface area contributed by atoms with Crippen molar-refractivity contribution in [1.29, 1.82) is 0 Å². The van der Waals surface area contributed by atoms with E-state index in [2.05, 4.69) is 47.6 Å². The smallest absolute Gasteiger partial charge is 0.241 e. The van der Waals surface area contributed by atoms with Crippen LogP contribution in [0.15, 0.2) is 35.1 Å². The van der Waals surface area contributed by atoms with Crippen molar-refractivity contribution >= 4 is 11.6 Å². The Morgan fingerprint density at radius 3 is 2.90 bits per heavy atom. The van der Waals surface area contributed by atoms with Crippen LogP contribution in [0.5, 0.6) is 0 Å². The summed E-state index contributed by atoms with van der Waals surface area (Å²) in [5.74, 6) is -0.0877. The van der Waals surface area contributed by atoms with E-state index >= 15 is 0 Å². The van der Waals surface area contributed by atoms with Crippen LogP contribution >= 0.6 is 0 Å². The van der Waals surface area contributed by atoms with Gasteiger partial charge in [-0.3, -0.25) is 9.69 Å². The number of halogens is 1. The molecular formula is C23H32FN5O. The number of carbonyl (C=O) groups is 1. The molecule has 0 bridgehead atoms. The average molecular weight is 414 g/mol. The molecule has 3 aliphatic heterocycles. The minimum Gasteiger partial charge on any atom is -0.312 e. The van der Waals surface area contributed by atoms with E-state index in [0.717, 1.165) is 42.2 Å². The van der Waals surface area contributed by atoms with Crippen LogP contribution in [0.3, 0.4) is 0 Å². The summed E-state index contributed by atoms with van der Waals surface area (Å²) in [5, 5.41) is 8.09. The van der Waals surface area contributed by atoms with E-state index in [0.29, 0.717) is 25.6 Å². The number of allylic oxidation sites excluding steroid dienone is 1. The van der Waals surface area contributed by atoms with E-state index in [1.165, 1.54) is 6.07 Å². The predicted molar refractivity (Wildman–Crippen MR) is 117 cm³/mol. The lowest BCUT2D eigenvalue weighted by Gasteiger charge is -2.32. The van der Waals surface area contributed by atoms with Gasteiger partial charge in [0, 0.05) is 37.6 Å². The standard InChI is InChI=1S/C23H32FN5O/c1-15-9-18(24)6-5-17(15)10-19-11-20-22(27-26-19)23(3,4)14-29(20)21(30)13-28-8-7-25-16(2)12-28/h5-6,9,11,16,19,25-26H,7-8,10,12-14H2,1-4H3. The third-order valence-electron chi connectivity index (χ3n) is 6.29. The number of hydrogen-bond acceptors (Lipinski definition) is 5. The van der Waals surface area contributed by atoms with Gasteiger partial charge in [0.25, 0.3) is 0 Å². The van der Waals surface area contributed by atoms with Gasteiger partial charge in [-0.2, -0.15) is 5.10 Å².